The fourth-order valence-electron chi connectivity index (χ4n) is 2.92. The lowest BCUT2D eigenvalue weighted by atomic mass is 10.1. The Morgan fingerprint density at radius 2 is 1.79 bits per heavy atom. The van der Waals surface area contributed by atoms with Crippen LogP contribution in [0.4, 0.5) is 5.69 Å². The van der Waals surface area contributed by atoms with Crippen LogP contribution in [0.2, 0.25) is 5.02 Å². The number of nitrogens with one attached hydrogen (secondary N) is 1. The average Bonchev–Trinajstić information content (AvgIpc) is 2.69. The van der Waals surface area contributed by atoms with Crippen LogP contribution in [0, 0.1) is 0 Å². The fraction of sp³-hybridized carbons (Fsp3) is 0.350. The second-order valence-corrected chi connectivity index (χ2v) is 8.66. The van der Waals surface area contributed by atoms with Gasteiger partial charge in [0.25, 0.3) is 0 Å². The standard InChI is InChI=1S/C20H25ClN2O5S/c1-5-17(20(24)22-13-14-6-9-16(27-2)10-7-14)23(29(4,25)26)18-12-15(21)8-11-19(18)28-3/h6-12,17H,5,13H2,1-4H3,(H,22,24)/t17-/m1/s1. The Hall–Kier alpha value is -2.45. The van der Waals surface area contributed by atoms with Gasteiger partial charge in [-0.25, -0.2) is 8.42 Å². The second-order valence-electron chi connectivity index (χ2n) is 6.36. The first-order valence-corrected chi connectivity index (χ1v) is 11.2. The highest BCUT2D eigenvalue weighted by atomic mass is 35.5. The van der Waals surface area contributed by atoms with Gasteiger partial charge >= 0.3 is 0 Å². The van der Waals surface area contributed by atoms with Crippen LogP contribution in [0.25, 0.3) is 0 Å². The third-order valence-electron chi connectivity index (χ3n) is 4.33. The van der Waals surface area contributed by atoms with Crippen molar-refractivity contribution in [1.29, 1.82) is 0 Å². The molecule has 2 aromatic rings. The summed E-state index contributed by atoms with van der Waals surface area (Å²) in [5.41, 5.74) is 1.08. The number of methoxy groups -OCH3 is 2. The molecule has 1 atom stereocenters. The highest BCUT2D eigenvalue weighted by Crippen LogP contribution is 2.34. The molecule has 0 heterocycles. The first kappa shape index (κ1) is 22.8. The predicted molar refractivity (Wildman–Crippen MR) is 114 cm³/mol. The topological polar surface area (TPSA) is 84.9 Å². The van der Waals surface area contributed by atoms with E-state index in [1.807, 2.05) is 12.1 Å². The minimum absolute atomic E-state index is 0.217. The number of nitrogens with zero attached hydrogens (tertiary/aromatic N) is 1. The lowest BCUT2D eigenvalue weighted by Gasteiger charge is -2.31. The molecule has 158 valence electrons. The van der Waals surface area contributed by atoms with E-state index in [9.17, 15) is 13.2 Å². The van der Waals surface area contributed by atoms with E-state index in [0.717, 1.165) is 16.1 Å². The highest BCUT2D eigenvalue weighted by molar-refractivity contribution is 7.92. The number of sulfonamides is 1. The van der Waals surface area contributed by atoms with Gasteiger partial charge in [-0.15, -0.1) is 0 Å². The Bertz CT molecular complexity index is 948. The van der Waals surface area contributed by atoms with Crippen molar-refractivity contribution < 1.29 is 22.7 Å². The lowest BCUT2D eigenvalue weighted by molar-refractivity contribution is -0.122. The molecule has 1 amide bonds. The van der Waals surface area contributed by atoms with Crippen LogP contribution in [0.1, 0.15) is 18.9 Å². The monoisotopic (exact) mass is 440 g/mol. The van der Waals surface area contributed by atoms with Gasteiger partial charge in [0.1, 0.15) is 17.5 Å². The van der Waals surface area contributed by atoms with Crippen LogP contribution in [-0.4, -0.2) is 40.8 Å². The third kappa shape index (κ3) is 5.77. The van der Waals surface area contributed by atoms with E-state index < -0.39 is 22.0 Å². The van der Waals surface area contributed by atoms with Gasteiger partial charge in [0.2, 0.25) is 15.9 Å². The number of ether oxygens (including phenoxy) is 2. The molecule has 0 saturated carbocycles. The number of amides is 1. The summed E-state index contributed by atoms with van der Waals surface area (Å²) < 4.78 is 36.7. The van der Waals surface area contributed by atoms with Gasteiger partial charge in [-0.05, 0) is 42.3 Å². The van der Waals surface area contributed by atoms with Crippen LogP contribution in [0.3, 0.4) is 0 Å². The predicted octanol–water partition coefficient (Wildman–Crippen LogP) is 3.22. The van der Waals surface area contributed by atoms with E-state index in [-0.39, 0.29) is 18.7 Å². The van der Waals surface area contributed by atoms with Crippen molar-refractivity contribution in [3.8, 4) is 11.5 Å². The molecule has 7 nitrogen and oxygen atoms in total. The molecule has 0 radical (unpaired) electrons. The summed E-state index contributed by atoms with van der Waals surface area (Å²) in [5.74, 6) is 0.597. The minimum Gasteiger partial charge on any atom is -0.497 e. The molecule has 1 N–H and O–H groups in total. The summed E-state index contributed by atoms with van der Waals surface area (Å²) in [7, 11) is -0.794. The van der Waals surface area contributed by atoms with Crippen molar-refractivity contribution in [2.24, 2.45) is 0 Å². The number of hydrogen-bond donors (Lipinski definition) is 1. The van der Waals surface area contributed by atoms with Crippen molar-refractivity contribution >= 4 is 33.2 Å². The summed E-state index contributed by atoms with van der Waals surface area (Å²) in [4.78, 5) is 12.9. The Morgan fingerprint density at radius 1 is 1.14 bits per heavy atom. The number of rotatable bonds is 9. The smallest absolute Gasteiger partial charge is 0.244 e. The molecule has 0 aliphatic rings. The van der Waals surface area contributed by atoms with Crippen molar-refractivity contribution in [3.05, 3.63) is 53.1 Å². The maximum Gasteiger partial charge on any atom is 0.244 e. The molecule has 2 aromatic carbocycles. The molecule has 0 fully saturated rings. The van der Waals surface area contributed by atoms with E-state index in [0.29, 0.717) is 16.5 Å². The molecule has 9 heteroatoms. The van der Waals surface area contributed by atoms with Gasteiger partial charge in [0, 0.05) is 11.6 Å². The molecule has 0 bridgehead atoms. The Labute approximate surface area is 176 Å². The molecular weight excluding hydrogens is 416 g/mol. The lowest BCUT2D eigenvalue weighted by Crippen LogP contribution is -2.49. The number of benzene rings is 2. The van der Waals surface area contributed by atoms with Gasteiger partial charge < -0.3 is 14.8 Å². The van der Waals surface area contributed by atoms with Crippen LogP contribution < -0.4 is 19.1 Å². The van der Waals surface area contributed by atoms with E-state index in [1.165, 1.54) is 13.2 Å². The zero-order chi connectivity index (χ0) is 21.6. The number of carbonyl (C=O) groups excluding carboxylic acids is 1. The molecule has 0 spiro atoms. The Kier molecular flexibility index (Phi) is 7.75. The van der Waals surface area contributed by atoms with Gasteiger partial charge in [0.05, 0.1) is 26.2 Å². The van der Waals surface area contributed by atoms with Gasteiger partial charge in [-0.3, -0.25) is 9.10 Å². The summed E-state index contributed by atoms with van der Waals surface area (Å²) in [6, 6.07) is 10.9. The SMILES string of the molecule is CC[C@H](C(=O)NCc1ccc(OC)cc1)N(c1cc(Cl)ccc1OC)S(C)(=O)=O. The van der Waals surface area contributed by atoms with Gasteiger partial charge in [-0.2, -0.15) is 0 Å². The number of halogens is 1. The summed E-state index contributed by atoms with van der Waals surface area (Å²) in [6.07, 6.45) is 1.31. The van der Waals surface area contributed by atoms with Crippen LogP contribution in [0.15, 0.2) is 42.5 Å². The van der Waals surface area contributed by atoms with Gasteiger partial charge in [-0.1, -0.05) is 30.7 Å². The molecular formula is C20H25ClN2O5S. The average molecular weight is 441 g/mol. The zero-order valence-corrected chi connectivity index (χ0v) is 18.4. The molecule has 0 unspecified atom stereocenters. The first-order chi connectivity index (χ1) is 13.7. The summed E-state index contributed by atoms with van der Waals surface area (Å²) in [6.45, 7) is 2.00. The van der Waals surface area contributed by atoms with Crippen molar-refractivity contribution in [2.75, 3.05) is 24.8 Å². The van der Waals surface area contributed by atoms with Crippen LogP contribution >= 0.6 is 11.6 Å². The molecule has 0 aliphatic carbocycles. The van der Waals surface area contributed by atoms with E-state index >= 15 is 0 Å². The second kappa shape index (κ2) is 9.84. The van der Waals surface area contributed by atoms with E-state index in [2.05, 4.69) is 5.32 Å². The minimum atomic E-state index is -3.80. The maximum absolute atomic E-state index is 12.9. The molecule has 0 aromatic heterocycles. The summed E-state index contributed by atoms with van der Waals surface area (Å²) in [5, 5.41) is 3.14. The fourth-order valence-corrected chi connectivity index (χ4v) is 4.29. The van der Waals surface area contributed by atoms with E-state index in [4.69, 9.17) is 21.1 Å². The third-order valence-corrected chi connectivity index (χ3v) is 5.73. The molecule has 0 aliphatic heterocycles. The first-order valence-electron chi connectivity index (χ1n) is 8.94. The quantitative estimate of drug-likeness (QED) is 0.647. The Morgan fingerprint density at radius 3 is 2.31 bits per heavy atom. The van der Waals surface area contributed by atoms with Crippen LogP contribution in [-0.2, 0) is 21.4 Å². The molecule has 29 heavy (non-hydrogen) atoms. The number of hydrogen-bond acceptors (Lipinski definition) is 5. The number of carbonyl (C=O) groups is 1. The summed E-state index contributed by atoms with van der Waals surface area (Å²) >= 11 is 6.07. The molecule has 2 rings (SSSR count). The zero-order valence-electron chi connectivity index (χ0n) is 16.8. The highest BCUT2D eigenvalue weighted by Gasteiger charge is 2.33. The van der Waals surface area contributed by atoms with Crippen molar-refractivity contribution in [3.63, 3.8) is 0 Å². The van der Waals surface area contributed by atoms with Gasteiger partial charge in [0.15, 0.2) is 0 Å². The van der Waals surface area contributed by atoms with Crippen molar-refractivity contribution in [1.82, 2.24) is 5.32 Å². The normalized spacial score (nSPS) is 12.2. The molecule has 0 saturated heterocycles. The van der Waals surface area contributed by atoms with Crippen LogP contribution in [0.5, 0.6) is 11.5 Å². The van der Waals surface area contributed by atoms with Crippen molar-refractivity contribution in [2.45, 2.75) is 25.9 Å². The largest absolute Gasteiger partial charge is 0.497 e. The number of anilines is 1. The Balaban J connectivity index is 2.31. The maximum atomic E-state index is 12.9. The van der Waals surface area contributed by atoms with E-state index in [1.54, 1.807) is 38.3 Å².